The van der Waals surface area contributed by atoms with Crippen molar-refractivity contribution in [3.05, 3.63) is 35.2 Å². The van der Waals surface area contributed by atoms with E-state index in [0.29, 0.717) is 0 Å². The largest absolute Gasteiger partial charge is 0.496 e. The van der Waals surface area contributed by atoms with Crippen molar-refractivity contribution in [2.75, 3.05) is 19.9 Å². The minimum absolute atomic E-state index is 0.189. The van der Waals surface area contributed by atoms with Crippen LogP contribution in [0.2, 0.25) is 0 Å². The first-order chi connectivity index (χ1) is 9.63. The molecule has 5 nitrogen and oxygen atoms in total. The van der Waals surface area contributed by atoms with E-state index in [2.05, 4.69) is 39.6 Å². The summed E-state index contributed by atoms with van der Waals surface area (Å²) < 4.78 is 5.45. The number of thioether (sulfide) groups is 1. The summed E-state index contributed by atoms with van der Waals surface area (Å²) in [7, 11) is 3.66. The van der Waals surface area contributed by atoms with E-state index in [1.165, 1.54) is 5.56 Å². The van der Waals surface area contributed by atoms with E-state index in [0.717, 1.165) is 28.0 Å². The third-order valence-electron chi connectivity index (χ3n) is 3.06. The monoisotopic (exact) mass is 292 g/mol. The molecule has 1 aromatic heterocycles. The van der Waals surface area contributed by atoms with Crippen molar-refractivity contribution < 1.29 is 4.74 Å². The average molecular weight is 292 g/mol. The van der Waals surface area contributed by atoms with Crippen LogP contribution in [0.3, 0.4) is 0 Å². The number of benzene rings is 1. The van der Waals surface area contributed by atoms with Crippen LogP contribution in [0.15, 0.2) is 23.4 Å². The molecule has 2 aromatic rings. The number of hydrogen-bond acceptors (Lipinski definition) is 5. The molecule has 0 aliphatic heterocycles. The molecule has 0 fully saturated rings. The number of aryl methyl sites for hydroxylation is 2. The van der Waals surface area contributed by atoms with E-state index in [-0.39, 0.29) is 6.04 Å². The lowest BCUT2D eigenvalue weighted by Crippen LogP contribution is -2.19. The van der Waals surface area contributed by atoms with Crippen LogP contribution in [0, 0.1) is 13.8 Å². The molecule has 1 unspecified atom stereocenters. The van der Waals surface area contributed by atoms with Gasteiger partial charge >= 0.3 is 0 Å². The van der Waals surface area contributed by atoms with Gasteiger partial charge in [-0.05, 0) is 27.0 Å². The molecule has 2 rings (SSSR count). The number of methoxy groups -OCH3 is 1. The minimum atomic E-state index is 0.189. The Morgan fingerprint density at radius 1 is 1.40 bits per heavy atom. The van der Waals surface area contributed by atoms with E-state index >= 15 is 0 Å². The predicted octanol–water partition coefficient (Wildman–Crippen LogP) is 2.48. The Morgan fingerprint density at radius 3 is 2.80 bits per heavy atom. The highest BCUT2D eigenvalue weighted by Gasteiger charge is 2.16. The van der Waals surface area contributed by atoms with Crippen LogP contribution >= 0.6 is 11.8 Å². The van der Waals surface area contributed by atoms with Gasteiger partial charge in [0.25, 0.3) is 0 Å². The molecule has 0 saturated heterocycles. The zero-order valence-corrected chi connectivity index (χ0v) is 13.0. The summed E-state index contributed by atoms with van der Waals surface area (Å²) >= 11 is 1.62. The Balaban J connectivity index is 2.13. The molecule has 0 spiro atoms. The normalized spacial score (nSPS) is 12.4. The molecule has 6 heteroatoms. The lowest BCUT2D eigenvalue weighted by molar-refractivity contribution is 0.404. The lowest BCUT2D eigenvalue weighted by Gasteiger charge is -2.19. The standard InChI is InChI=1S/C14H20N4OS/c1-9-5-6-13(19-4)11(7-9)12(15-3)8-20-14-16-10(2)17-18-14/h5-7,12,15H,8H2,1-4H3,(H,16,17,18). The number of nitrogens with one attached hydrogen (secondary N) is 2. The van der Waals surface area contributed by atoms with Gasteiger partial charge in [0.05, 0.1) is 7.11 Å². The van der Waals surface area contributed by atoms with Gasteiger partial charge in [-0.3, -0.25) is 5.10 Å². The maximum Gasteiger partial charge on any atom is 0.208 e. The van der Waals surface area contributed by atoms with Crippen LogP contribution in [0.4, 0.5) is 0 Å². The number of H-pyrrole nitrogens is 1. The molecule has 0 aliphatic carbocycles. The maximum absolute atomic E-state index is 5.45. The molecular weight excluding hydrogens is 272 g/mol. The first-order valence-electron chi connectivity index (χ1n) is 6.47. The Kier molecular flexibility index (Phi) is 5.03. The highest BCUT2D eigenvalue weighted by atomic mass is 32.2. The second-order valence-electron chi connectivity index (χ2n) is 4.60. The van der Waals surface area contributed by atoms with Crippen LogP contribution in [0.5, 0.6) is 5.75 Å². The fourth-order valence-corrected chi connectivity index (χ4v) is 2.97. The maximum atomic E-state index is 5.45. The van der Waals surface area contributed by atoms with Crippen molar-refractivity contribution in [3.8, 4) is 5.75 Å². The molecule has 0 bridgehead atoms. The zero-order chi connectivity index (χ0) is 14.5. The summed E-state index contributed by atoms with van der Waals surface area (Å²) in [5, 5.41) is 11.1. The van der Waals surface area contributed by atoms with Crippen LogP contribution in [0.25, 0.3) is 0 Å². The van der Waals surface area contributed by atoms with E-state index in [4.69, 9.17) is 4.74 Å². The predicted molar refractivity (Wildman–Crippen MR) is 81.4 cm³/mol. The fraction of sp³-hybridized carbons (Fsp3) is 0.429. The number of ether oxygens (including phenoxy) is 1. The second-order valence-corrected chi connectivity index (χ2v) is 5.59. The van der Waals surface area contributed by atoms with Gasteiger partial charge < -0.3 is 10.1 Å². The first-order valence-corrected chi connectivity index (χ1v) is 7.46. The number of aromatic amines is 1. The molecule has 0 amide bonds. The highest BCUT2D eigenvalue weighted by Crippen LogP contribution is 2.29. The Bertz CT molecular complexity index is 570. The van der Waals surface area contributed by atoms with E-state index in [1.807, 2.05) is 20.0 Å². The fourth-order valence-electron chi connectivity index (χ4n) is 2.00. The summed E-state index contributed by atoms with van der Waals surface area (Å²) in [4.78, 5) is 4.31. The molecule has 1 atom stereocenters. The molecule has 20 heavy (non-hydrogen) atoms. The van der Waals surface area contributed by atoms with Crippen molar-refractivity contribution in [2.24, 2.45) is 0 Å². The molecule has 1 heterocycles. The number of rotatable bonds is 6. The molecule has 1 aromatic carbocycles. The van der Waals surface area contributed by atoms with Crippen LogP contribution in [0.1, 0.15) is 23.0 Å². The van der Waals surface area contributed by atoms with Crippen molar-refractivity contribution in [3.63, 3.8) is 0 Å². The topological polar surface area (TPSA) is 62.8 Å². The van der Waals surface area contributed by atoms with Gasteiger partial charge in [0, 0.05) is 17.4 Å². The van der Waals surface area contributed by atoms with Crippen LogP contribution in [-0.2, 0) is 0 Å². The number of hydrogen-bond donors (Lipinski definition) is 2. The molecular formula is C14H20N4OS. The lowest BCUT2D eigenvalue weighted by atomic mass is 10.0. The molecule has 0 aliphatic rings. The molecule has 108 valence electrons. The summed E-state index contributed by atoms with van der Waals surface area (Å²) in [5.41, 5.74) is 2.38. The Hall–Kier alpha value is -1.53. The molecule has 0 saturated carbocycles. The van der Waals surface area contributed by atoms with Crippen LogP contribution in [-0.4, -0.2) is 35.1 Å². The van der Waals surface area contributed by atoms with Gasteiger partial charge in [0.2, 0.25) is 5.16 Å². The van der Waals surface area contributed by atoms with Crippen molar-refractivity contribution in [1.29, 1.82) is 0 Å². The minimum Gasteiger partial charge on any atom is -0.496 e. The van der Waals surface area contributed by atoms with Crippen LogP contribution < -0.4 is 10.1 Å². The van der Waals surface area contributed by atoms with Gasteiger partial charge in [0.15, 0.2) is 0 Å². The third kappa shape index (κ3) is 3.52. The van der Waals surface area contributed by atoms with Gasteiger partial charge in [0.1, 0.15) is 11.6 Å². The smallest absolute Gasteiger partial charge is 0.208 e. The molecule has 0 radical (unpaired) electrons. The SMILES string of the molecule is CNC(CSc1n[nH]c(C)n1)c1cc(C)ccc1OC. The summed E-state index contributed by atoms with van der Waals surface area (Å²) in [6, 6.07) is 6.41. The Morgan fingerprint density at radius 2 is 2.20 bits per heavy atom. The number of nitrogens with zero attached hydrogens (tertiary/aromatic N) is 2. The third-order valence-corrected chi connectivity index (χ3v) is 4.01. The van der Waals surface area contributed by atoms with Crippen molar-refractivity contribution in [2.45, 2.75) is 25.0 Å². The number of aromatic nitrogens is 3. The van der Waals surface area contributed by atoms with Gasteiger partial charge in [-0.25, -0.2) is 4.98 Å². The van der Waals surface area contributed by atoms with Crippen molar-refractivity contribution >= 4 is 11.8 Å². The first kappa shape index (κ1) is 14.9. The quantitative estimate of drug-likeness (QED) is 0.801. The Labute approximate surface area is 123 Å². The van der Waals surface area contributed by atoms with Crippen molar-refractivity contribution in [1.82, 2.24) is 20.5 Å². The van der Waals surface area contributed by atoms with Gasteiger partial charge in [-0.2, -0.15) is 0 Å². The summed E-state index contributed by atoms with van der Waals surface area (Å²) in [5.74, 6) is 2.58. The summed E-state index contributed by atoms with van der Waals surface area (Å²) in [6.07, 6.45) is 0. The second kappa shape index (κ2) is 6.76. The summed E-state index contributed by atoms with van der Waals surface area (Å²) in [6.45, 7) is 3.98. The van der Waals surface area contributed by atoms with Gasteiger partial charge in [-0.1, -0.05) is 29.5 Å². The highest BCUT2D eigenvalue weighted by molar-refractivity contribution is 7.99. The molecule has 2 N–H and O–H groups in total. The zero-order valence-electron chi connectivity index (χ0n) is 12.2. The van der Waals surface area contributed by atoms with E-state index in [9.17, 15) is 0 Å². The average Bonchev–Trinajstić information content (AvgIpc) is 2.85. The van der Waals surface area contributed by atoms with E-state index < -0.39 is 0 Å². The van der Waals surface area contributed by atoms with E-state index in [1.54, 1.807) is 18.9 Å². The van der Waals surface area contributed by atoms with Gasteiger partial charge in [-0.15, -0.1) is 5.10 Å².